The molecule has 0 spiro atoms. The molecule has 0 aliphatic rings. The summed E-state index contributed by atoms with van der Waals surface area (Å²) in [5, 5.41) is 5.85. The Bertz CT molecular complexity index is 616. The number of nitrogens with one attached hydrogen (secondary N) is 1. The summed E-state index contributed by atoms with van der Waals surface area (Å²) in [6.45, 7) is 0. The van der Waals surface area contributed by atoms with Crippen molar-refractivity contribution >= 4 is 15.9 Å². The lowest BCUT2D eigenvalue weighted by molar-refractivity contribution is -0.138. The Labute approximate surface area is 108 Å². The third kappa shape index (κ3) is 2.61. The van der Waals surface area contributed by atoms with E-state index in [1.165, 1.54) is 24.3 Å². The largest absolute Gasteiger partial charge is 0.417 e. The zero-order chi connectivity index (χ0) is 13.3. The molecule has 0 amide bonds. The summed E-state index contributed by atoms with van der Waals surface area (Å²) in [4.78, 5) is 10.8. The molecule has 18 heavy (non-hydrogen) atoms. The Morgan fingerprint density at radius 3 is 2.44 bits per heavy atom. The Morgan fingerprint density at radius 2 is 1.89 bits per heavy atom. The minimum absolute atomic E-state index is 0.0387. The highest BCUT2D eigenvalue weighted by molar-refractivity contribution is 9.10. The van der Waals surface area contributed by atoms with Crippen LogP contribution in [0.3, 0.4) is 0 Å². The van der Waals surface area contributed by atoms with E-state index in [2.05, 4.69) is 26.1 Å². The van der Waals surface area contributed by atoms with Gasteiger partial charge in [-0.15, -0.1) is 0 Å². The number of halogens is 4. The van der Waals surface area contributed by atoms with Gasteiger partial charge in [0.2, 0.25) is 0 Å². The van der Waals surface area contributed by atoms with Gasteiger partial charge in [0.1, 0.15) is 0 Å². The van der Waals surface area contributed by atoms with E-state index in [-0.39, 0.29) is 15.7 Å². The third-order valence-electron chi connectivity index (χ3n) is 2.25. The molecule has 1 heterocycles. The van der Waals surface area contributed by atoms with Gasteiger partial charge in [-0.05, 0) is 18.2 Å². The molecule has 0 fully saturated rings. The van der Waals surface area contributed by atoms with Gasteiger partial charge in [-0.25, -0.2) is 5.10 Å². The lowest BCUT2D eigenvalue weighted by Gasteiger charge is -2.10. The first-order valence-electron chi connectivity index (χ1n) is 4.81. The highest BCUT2D eigenvalue weighted by Gasteiger charge is 2.33. The van der Waals surface area contributed by atoms with Crippen molar-refractivity contribution in [3.8, 4) is 11.3 Å². The second-order valence-corrected chi connectivity index (χ2v) is 4.35. The van der Waals surface area contributed by atoms with E-state index >= 15 is 0 Å². The summed E-state index contributed by atoms with van der Waals surface area (Å²) in [7, 11) is 0. The molecule has 0 unspecified atom stereocenters. The van der Waals surface area contributed by atoms with Crippen molar-refractivity contribution < 1.29 is 13.2 Å². The molecule has 3 nitrogen and oxygen atoms in total. The van der Waals surface area contributed by atoms with Crippen LogP contribution < -0.4 is 5.56 Å². The molecule has 1 N–H and O–H groups in total. The number of rotatable bonds is 1. The average Bonchev–Trinajstić information content (AvgIpc) is 2.29. The van der Waals surface area contributed by atoms with Gasteiger partial charge < -0.3 is 0 Å². The van der Waals surface area contributed by atoms with E-state index in [4.69, 9.17) is 0 Å². The topological polar surface area (TPSA) is 45.8 Å². The molecule has 2 aromatic rings. The van der Waals surface area contributed by atoms with Crippen LogP contribution in [-0.2, 0) is 6.18 Å². The Kier molecular flexibility index (Phi) is 3.25. The summed E-state index contributed by atoms with van der Waals surface area (Å²) in [6, 6.07) is 6.33. The number of aromatic amines is 1. The third-order valence-corrected chi connectivity index (χ3v) is 2.94. The Morgan fingerprint density at radius 1 is 1.17 bits per heavy atom. The molecule has 0 radical (unpaired) electrons. The summed E-state index contributed by atoms with van der Waals surface area (Å²) < 4.78 is 38.1. The van der Waals surface area contributed by atoms with Gasteiger partial charge in [-0.1, -0.05) is 22.0 Å². The van der Waals surface area contributed by atoms with E-state index in [1.54, 1.807) is 0 Å². The predicted octanol–water partition coefficient (Wildman–Crippen LogP) is 3.22. The molecule has 0 atom stereocenters. The number of hydrogen-bond donors (Lipinski definition) is 1. The number of benzene rings is 1. The molecule has 7 heteroatoms. The lowest BCUT2D eigenvalue weighted by Crippen LogP contribution is -2.08. The maximum absolute atomic E-state index is 12.7. The van der Waals surface area contributed by atoms with Gasteiger partial charge in [0.15, 0.2) is 0 Å². The van der Waals surface area contributed by atoms with Crippen molar-refractivity contribution in [3.63, 3.8) is 0 Å². The van der Waals surface area contributed by atoms with Gasteiger partial charge in [-0.2, -0.15) is 18.3 Å². The zero-order valence-electron chi connectivity index (χ0n) is 8.75. The maximum Gasteiger partial charge on any atom is 0.417 e. The van der Waals surface area contributed by atoms with Crippen LogP contribution in [0.1, 0.15) is 5.56 Å². The minimum Gasteiger partial charge on any atom is -0.268 e. The first-order chi connectivity index (χ1) is 8.38. The lowest BCUT2D eigenvalue weighted by atomic mass is 10.1. The second kappa shape index (κ2) is 4.56. The molecule has 0 bridgehead atoms. The molecular weight excluding hydrogens is 313 g/mol. The fourth-order valence-electron chi connectivity index (χ4n) is 1.41. The van der Waals surface area contributed by atoms with Crippen molar-refractivity contribution in [1.29, 1.82) is 0 Å². The smallest absolute Gasteiger partial charge is 0.268 e. The van der Waals surface area contributed by atoms with Crippen LogP contribution in [0.25, 0.3) is 11.3 Å². The zero-order valence-corrected chi connectivity index (χ0v) is 10.3. The van der Waals surface area contributed by atoms with E-state index in [9.17, 15) is 18.0 Å². The number of H-pyrrole nitrogens is 1. The molecular formula is C11H6BrF3N2O. The number of alkyl halides is 3. The quantitative estimate of drug-likeness (QED) is 0.877. The van der Waals surface area contributed by atoms with E-state index in [0.29, 0.717) is 0 Å². The van der Waals surface area contributed by atoms with Crippen LogP contribution in [0.5, 0.6) is 0 Å². The first kappa shape index (κ1) is 12.8. The van der Waals surface area contributed by atoms with Crippen LogP contribution in [0.2, 0.25) is 0 Å². The molecule has 0 saturated carbocycles. The van der Waals surface area contributed by atoms with Gasteiger partial charge in [0.05, 0.1) is 11.3 Å². The molecule has 0 aliphatic carbocycles. The standard InChI is InChI=1S/C11H6BrF3N2O/c12-8-2-1-6(5-7(8)11(13,14)15)9-3-4-10(18)17-16-9/h1-5H,(H,17,18). The van der Waals surface area contributed by atoms with E-state index in [0.717, 1.165) is 6.07 Å². The van der Waals surface area contributed by atoms with Crippen molar-refractivity contribution in [2.45, 2.75) is 6.18 Å². The normalized spacial score (nSPS) is 11.6. The van der Waals surface area contributed by atoms with Crippen LogP contribution in [-0.4, -0.2) is 10.2 Å². The van der Waals surface area contributed by atoms with Crippen molar-refractivity contribution in [2.75, 3.05) is 0 Å². The highest BCUT2D eigenvalue weighted by Crippen LogP contribution is 2.36. The second-order valence-electron chi connectivity index (χ2n) is 3.50. The monoisotopic (exact) mass is 318 g/mol. The van der Waals surface area contributed by atoms with Gasteiger partial charge >= 0.3 is 6.18 Å². The summed E-state index contributed by atoms with van der Waals surface area (Å²) in [6.07, 6.45) is -4.45. The van der Waals surface area contributed by atoms with Crippen LogP contribution >= 0.6 is 15.9 Å². The molecule has 1 aromatic carbocycles. The van der Waals surface area contributed by atoms with Crippen molar-refractivity contribution in [2.24, 2.45) is 0 Å². The van der Waals surface area contributed by atoms with Crippen molar-refractivity contribution in [3.05, 3.63) is 50.7 Å². The number of hydrogen-bond acceptors (Lipinski definition) is 2. The first-order valence-corrected chi connectivity index (χ1v) is 5.60. The van der Waals surface area contributed by atoms with E-state index < -0.39 is 17.3 Å². The Balaban J connectivity index is 2.54. The molecule has 0 aliphatic heterocycles. The molecule has 94 valence electrons. The Hall–Kier alpha value is -1.63. The van der Waals surface area contributed by atoms with Gasteiger partial charge in [0, 0.05) is 16.1 Å². The summed E-state index contributed by atoms with van der Waals surface area (Å²) >= 11 is 2.85. The fourth-order valence-corrected chi connectivity index (χ4v) is 1.88. The van der Waals surface area contributed by atoms with E-state index in [1.807, 2.05) is 0 Å². The van der Waals surface area contributed by atoms with Gasteiger partial charge in [-0.3, -0.25) is 4.79 Å². The van der Waals surface area contributed by atoms with Crippen molar-refractivity contribution in [1.82, 2.24) is 10.2 Å². The average molecular weight is 319 g/mol. The highest BCUT2D eigenvalue weighted by atomic mass is 79.9. The fraction of sp³-hybridized carbons (Fsp3) is 0.0909. The van der Waals surface area contributed by atoms with Crippen LogP contribution in [0.4, 0.5) is 13.2 Å². The molecule has 0 saturated heterocycles. The molecule has 1 aromatic heterocycles. The van der Waals surface area contributed by atoms with Crippen LogP contribution in [0, 0.1) is 0 Å². The SMILES string of the molecule is O=c1ccc(-c2ccc(Br)c(C(F)(F)F)c2)n[nH]1. The maximum atomic E-state index is 12.7. The predicted molar refractivity (Wildman–Crippen MR) is 63.0 cm³/mol. The van der Waals surface area contributed by atoms with Crippen LogP contribution in [0.15, 0.2) is 39.6 Å². The number of nitrogens with zero attached hydrogens (tertiary/aromatic N) is 1. The minimum atomic E-state index is -4.45. The molecule has 2 rings (SSSR count). The van der Waals surface area contributed by atoms with Gasteiger partial charge in [0.25, 0.3) is 5.56 Å². The summed E-state index contributed by atoms with van der Waals surface area (Å²) in [5.41, 5.74) is -0.644. The summed E-state index contributed by atoms with van der Waals surface area (Å²) in [5.74, 6) is 0. The number of aromatic nitrogens is 2.